The number of carboxylic acids is 1. The number of rotatable bonds is 4. The van der Waals surface area contributed by atoms with Crippen molar-refractivity contribution in [2.45, 2.75) is 25.9 Å². The Labute approximate surface area is 146 Å². The molecule has 0 aliphatic carbocycles. The molecule has 0 spiro atoms. The number of pyridine rings is 1. The average molecular weight is 340 g/mol. The number of aryl methyl sites for hydroxylation is 1. The molecule has 1 N–H and O–H groups in total. The van der Waals surface area contributed by atoms with Crippen LogP contribution < -0.4 is 4.74 Å². The van der Waals surface area contributed by atoms with Crippen molar-refractivity contribution in [2.75, 3.05) is 13.1 Å². The molecule has 6 nitrogen and oxygen atoms in total. The number of aromatic carboxylic acids is 1. The molecule has 0 unspecified atom stereocenters. The molecule has 1 aromatic carbocycles. The second-order valence-electron chi connectivity index (χ2n) is 6.16. The van der Waals surface area contributed by atoms with Gasteiger partial charge in [-0.25, -0.2) is 4.79 Å². The van der Waals surface area contributed by atoms with Gasteiger partial charge in [0.15, 0.2) is 0 Å². The van der Waals surface area contributed by atoms with E-state index in [9.17, 15) is 9.59 Å². The number of benzene rings is 1. The van der Waals surface area contributed by atoms with Crippen LogP contribution >= 0.6 is 0 Å². The molecule has 3 rings (SSSR count). The molecule has 2 heterocycles. The van der Waals surface area contributed by atoms with E-state index in [-0.39, 0.29) is 23.3 Å². The van der Waals surface area contributed by atoms with E-state index >= 15 is 0 Å². The number of aromatic nitrogens is 1. The summed E-state index contributed by atoms with van der Waals surface area (Å²) in [6.07, 6.45) is 2.89. The standard InChI is InChI=1S/C19H20N2O4/c1-13-2-4-15(5-3-13)25-16-7-10-21(11-8-16)18(22)17-12-14(19(23)24)6-9-20-17/h2-6,9,12,16H,7-8,10-11H2,1H3,(H,23,24). The van der Waals surface area contributed by atoms with Crippen molar-refractivity contribution in [3.05, 3.63) is 59.4 Å². The van der Waals surface area contributed by atoms with Gasteiger partial charge in [-0.3, -0.25) is 9.78 Å². The fourth-order valence-electron chi connectivity index (χ4n) is 2.83. The number of amides is 1. The summed E-state index contributed by atoms with van der Waals surface area (Å²) in [5.41, 5.74) is 1.41. The number of carbonyl (C=O) groups excluding carboxylic acids is 1. The lowest BCUT2D eigenvalue weighted by molar-refractivity contribution is 0.0590. The first-order valence-corrected chi connectivity index (χ1v) is 8.25. The van der Waals surface area contributed by atoms with Crippen molar-refractivity contribution in [3.8, 4) is 5.75 Å². The molecular weight excluding hydrogens is 320 g/mol. The van der Waals surface area contributed by atoms with Gasteiger partial charge in [-0.05, 0) is 31.2 Å². The average Bonchev–Trinajstić information content (AvgIpc) is 2.64. The molecule has 0 atom stereocenters. The van der Waals surface area contributed by atoms with Crippen molar-refractivity contribution in [3.63, 3.8) is 0 Å². The molecule has 0 bridgehead atoms. The van der Waals surface area contributed by atoms with Crippen molar-refractivity contribution in [1.29, 1.82) is 0 Å². The van der Waals surface area contributed by atoms with Gasteiger partial charge < -0.3 is 14.7 Å². The van der Waals surface area contributed by atoms with Crippen molar-refractivity contribution in [1.82, 2.24) is 9.88 Å². The maximum atomic E-state index is 12.5. The van der Waals surface area contributed by atoms with Crippen molar-refractivity contribution >= 4 is 11.9 Å². The Balaban J connectivity index is 1.58. The summed E-state index contributed by atoms with van der Waals surface area (Å²) in [5, 5.41) is 9.02. The molecule has 0 radical (unpaired) electrons. The number of hydrogen-bond acceptors (Lipinski definition) is 4. The van der Waals surface area contributed by atoms with Gasteiger partial charge in [-0.1, -0.05) is 17.7 Å². The van der Waals surface area contributed by atoms with Crippen LogP contribution in [0.5, 0.6) is 5.75 Å². The summed E-state index contributed by atoms with van der Waals surface area (Å²) in [4.78, 5) is 29.2. The van der Waals surface area contributed by atoms with Gasteiger partial charge in [0.25, 0.3) is 5.91 Å². The highest BCUT2D eigenvalue weighted by molar-refractivity contribution is 5.95. The Morgan fingerprint density at radius 1 is 1.16 bits per heavy atom. The summed E-state index contributed by atoms with van der Waals surface area (Å²) < 4.78 is 5.96. The van der Waals surface area contributed by atoms with Crippen LogP contribution in [0, 0.1) is 6.92 Å². The molecule has 0 saturated carbocycles. The van der Waals surface area contributed by atoms with Crippen molar-refractivity contribution < 1.29 is 19.4 Å². The number of piperidine rings is 1. The van der Waals surface area contributed by atoms with Gasteiger partial charge in [0.1, 0.15) is 17.5 Å². The summed E-state index contributed by atoms with van der Waals surface area (Å²) >= 11 is 0. The van der Waals surface area contributed by atoms with Crippen LogP contribution in [0.25, 0.3) is 0 Å². The fourth-order valence-corrected chi connectivity index (χ4v) is 2.83. The maximum absolute atomic E-state index is 12.5. The second kappa shape index (κ2) is 7.34. The molecule has 1 fully saturated rings. The highest BCUT2D eigenvalue weighted by Crippen LogP contribution is 2.20. The molecule has 1 aliphatic heterocycles. The predicted molar refractivity (Wildman–Crippen MR) is 91.9 cm³/mol. The number of ether oxygens (including phenoxy) is 1. The van der Waals surface area contributed by atoms with E-state index in [2.05, 4.69) is 4.98 Å². The first-order chi connectivity index (χ1) is 12.0. The molecular formula is C19H20N2O4. The molecule has 2 aromatic rings. The lowest BCUT2D eigenvalue weighted by Crippen LogP contribution is -2.42. The van der Waals surface area contributed by atoms with E-state index in [0.717, 1.165) is 18.6 Å². The van der Waals surface area contributed by atoms with Gasteiger partial charge in [0, 0.05) is 32.1 Å². The van der Waals surface area contributed by atoms with Gasteiger partial charge in [0.2, 0.25) is 0 Å². The van der Waals surface area contributed by atoms with E-state index in [1.54, 1.807) is 4.90 Å². The Morgan fingerprint density at radius 2 is 1.84 bits per heavy atom. The van der Waals surface area contributed by atoms with Crippen LogP contribution in [0.3, 0.4) is 0 Å². The second-order valence-corrected chi connectivity index (χ2v) is 6.16. The summed E-state index contributed by atoms with van der Waals surface area (Å²) in [6.45, 7) is 3.16. The summed E-state index contributed by atoms with van der Waals surface area (Å²) in [5.74, 6) is -0.468. The molecule has 1 aliphatic rings. The Bertz CT molecular complexity index is 765. The monoisotopic (exact) mass is 340 g/mol. The summed E-state index contributed by atoms with van der Waals surface area (Å²) in [7, 11) is 0. The van der Waals surface area contributed by atoms with Crippen molar-refractivity contribution in [2.24, 2.45) is 0 Å². The first-order valence-electron chi connectivity index (χ1n) is 8.25. The zero-order valence-corrected chi connectivity index (χ0v) is 14.0. The van der Waals surface area contributed by atoms with Crippen LogP contribution in [0.15, 0.2) is 42.6 Å². The summed E-state index contributed by atoms with van der Waals surface area (Å²) in [6, 6.07) is 10.6. The number of carbonyl (C=O) groups is 2. The molecule has 1 amide bonds. The number of carboxylic acid groups (broad SMARTS) is 1. The SMILES string of the molecule is Cc1ccc(OC2CCN(C(=O)c3cc(C(=O)O)ccn3)CC2)cc1. The predicted octanol–water partition coefficient (Wildman–Crippen LogP) is 2.77. The van der Waals surface area contributed by atoms with Crippen LogP contribution in [0.4, 0.5) is 0 Å². The van der Waals surface area contributed by atoms with E-state index in [4.69, 9.17) is 9.84 Å². The van der Waals surface area contributed by atoms with Gasteiger partial charge in [-0.15, -0.1) is 0 Å². The van der Waals surface area contributed by atoms with E-state index < -0.39 is 5.97 Å². The Kier molecular flexibility index (Phi) is 4.97. The zero-order chi connectivity index (χ0) is 17.8. The Hall–Kier alpha value is -2.89. The lowest BCUT2D eigenvalue weighted by atomic mass is 10.1. The molecule has 25 heavy (non-hydrogen) atoms. The molecule has 130 valence electrons. The normalized spacial score (nSPS) is 15.0. The highest BCUT2D eigenvalue weighted by Gasteiger charge is 2.25. The highest BCUT2D eigenvalue weighted by atomic mass is 16.5. The molecule has 6 heteroatoms. The van der Waals surface area contributed by atoms with Gasteiger partial charge in [-0.2, -0.15) is 0 Å². The number of hydrogen-bond donors (Lipinski definition) is 1. The maximum Gasteiger partial charge on any atom is 0.335 e. The smallest absolute Gasteiger partial charge is 0.335 e. The number of likely N-dealkylation sites (tertiary alicyclic amines) is 1. The molecule has 1 aromatic heterocycles. The minimum atomic E-state index is -1.07. The van der Waals surface area contributed by atoms with Crippen LogP contribution in [0.1, 0.15) is 39.3 Å². The lowest BCUT2D eigenvalue weighted by Gasteiger charge is -2.32. The molecule has 1 saturated heterocycles. The fraction of sp³-hybridized carbons (Fsp3) is 0.316. The number of nitrogens with zero attached hydrogens (tertiary/aromatic N) is 2. The van der Waals surface area contributed by atoms with Gasteiger partial charge in [0.05, 0.1) is 5.56 Å². The third-order valence-corrected chi connectivity index (χ3v) is 4.28. The van der Waals surface area contributed by atoms with Crippen LogP contribution in [-0.2, 0) is 0 Å². The Morgan fingerprint density at radius 3 is 2.48 bits per heavy atom. The van der Waals surface area contributed by atoms with E-state index in [0.29, 0.717) is 13.1 Å². The first kappa shape index (κ1) is 17.0. The minimum Gasteiger partial charge on any atom is -0.490 e. The minimum absolute atomic E-state index is 0.0657. The quantitative estimate of drug-likeness (QED) is 0.926. The third-order valence-electron chi connectivity index (χ3n) is 4.28. The van der Waals surface area contributed by atoms with E-state index in [1.807, 2.05) is 31.2 Å². The zero-order valence-electron chi connectivity index (χ0n) is 14.0. The third kappa shape index (κ3) is 4.15. The van der Waals surface area contributed by atoms with Crippen LogP contribution in [0.2, 0.25) is 0 Å². The van der Waals surface area contributed by atoms with Gasteiger partial charge >= 0.3 is 5.97 Å². The topological polar surface area (TPSA) is 79.7 Å². The largest absolute Gasteiger partial charge is 0.490 e. The van der Waals surface area contributed by atoms with Crippen LogP contribution in [-0.4, -0.2) is 46.1 Å². The van der Waals surface area contributed by atoms with E-state index in [1.165, 1.54) is 23.9 Å².